The maximum Gasteiger partial charge on any atom is 0.244 e. The molecular formula is C12H18N4O2S2. The van der Waals surface area contributed by atoms with Gasteiger partial charge >= 0.3 is 0 Å². The number of nitrogens with zero attached hydrogens (tertiary/aromatic N) is 1. The van der Waals surface area contributed by atoms with Crippen LogP contribution in [0.5, 0.6) is 0 Å². The van der Waals surface area contributed by atoms with Crippen LogP contribution in [0.1, 0.15) is 23.5 Å². The number of ether oxygens (including phenoxy) is 1. The average molecular weight is 314 g/mol. The van der Waals surface area contributed by atoms with Gasteiger partial charge < -0.3 is 10.1 Å². The molecule has 2 heterocycles. The first-order valence-electron chi connectivity index (χ1n) is 6.49. The van der Waals surface area contributed by atoms with E-state index < -0.39 is 0 Å². The monoisotopic (exact) mass is 314 g/mol. The number of thiazole rings is 1. The Morgan fingerprint density at radius 3 is 3.10 bits per heavy atom. The molecule has 20 heavy (non-hydrogen) atoms. The molecule has 110 valence electrons. The number of aryl methyl sites for hydroxylation is 1. The maximum atomic E-state index is 11.7. The van der Waals surface area contributed by atoms with Gasteiger partial charge in [-0.1, -0.05) is 0 Å². The van der Waals surface area contributed by atoms with Crippen LogP contribution in [0.2, 0.25) is 0 Å². The first-order valence-corrected chi connectivity index (χ1v) is 7.77. The van der Waals surface area contributed by atoms with Crippen molar-refractivity contribution in [1.29, 1.82) is 0 Å². The molecule has 0 radical (unpaired) electrons. The van der Waals surface area contributed by atoms with E-state index in [1.54, 1.807) is 0 Å². The number of thiocarbonyl (C=S) groups is 1. The van der Waals surface area contributed by atoms with E-state index in [1.165, 1.54) is 11.3 Å². The van der Waals surface area contributed by atoms with Crippen molar-refractivity contribution < 1.29 is 9.53 Å². The van der Waals surface area contributed by atoms with Gasteiger partial charge in [0.15, 0.2) is 5.11 Å². The van der Waals surface area contributed by atoms with Crippen molar-refractivity contribution in [2.45, 2.75) is 32.3 Å². The molecule has 3 N–H and O–H groups in total. The van der Waals surface area contributed by atoms with Crippen molar-refractivity contribution in [2.75, 3.05) is 13.2 Å². The summed E-state index contributed by atoms with van der Waals surface area (Å²) in [5.41, 5.74) is 5.99. The second kappa shape index (κ2) is 7.51. The predicted octanol–water partition coefficient (Wildman–Crippen LogP) is 0.668. The highest BCUT2D eigenvalue weighted by atomic mass is 32.1. The molecular weight excluding hydrogens is 296 g/mol. The summed E-state index contributed by atoms with van der Waals surface area (Å²) in [5, 5.41) is 6.24. The number of amides is 1. The van der Waals surface area contributed by atoms with Crippen LogP contribution in [0.3, 0.4) is 0 Å². The molecule has 0 bridgehead atoms. The Balaban J connectivity index is 1.61. The van der Waals surface area contributed by atoms with Crippen molar-refractivity contribution in [3.63, 3.8) is 0 Å². The summed E-state index contributed by atoms with van der Waals surface area (Å²) in [6.07, 6.45) is 2.59. The SMILES string of the molecule is Cc1nc(CC(=O)NNC(=S)NC[C@H]2CCCO2)cs1. The number of aromatic nitrogens is 1. The minimum Gasteiger partial charge on any atom is -0.376 e. The Morgan fingerprint density at radius 2 is 2.45 bits per heavy atom. The van der Waals surface area contributed by atoms with Crippen molar-refractivity contribution in [2.24, 2.45) is 0 Å². The molecule has 2 rings (SSSR count). The summed E-state index contributed by atoms with van der Waals surface area (Å²) >= 11 is 6.60. The maximum absolute atomic E-state index is 11.7. The number of hydrogen-bond donors (Lipinski definition) is 3. The van der Waals surface area contributed by atoms with Crippen LogP contribution in [-0.2, 0) is 16.0 Å². The number of nitrogens with one attached hydrogen (secondary N) is 3. The minimum atomic E-state index is -0.170. The number of rotatable bonds is 4. The van der Waals surface area contributed by atoms with Gasteiger partial charge in [-0.25, -0.2) is 4.98 Å². The molecule has 1 fully saturated rings. The van der Waals surface area contributed by atoms with E-state index in [4.69, 9.17) is 17.0 Å². The van der Waals surface area contributed by atoms with Crippen LogP contribution in [0.4, 0.5) is 0 Å². The van der Waals surface area contributed by atoms with Gasteiger partial charge in [-0.05, 0) is 32.0 Å². The molecule has 1 aliphatic heterocycles. The highest BCUT2D eigenvalue weighted by Gasteiger charge is 2.15. The molecule has 0 aromatic carbocycles. The molecule has 1 aliphatic rings. The standard InChI is InChI=1S/C12H18N4O2S2/c1-8-14-9(7-20-8)5-11(17)15-16-12(19)13-6-10-3-2-4-18-10/h7,10H,2-6H2,1H3,(H,15,17)(H2,13,16,19)/t10-/m1/s1. The van der Waals surface area contributed by atoms with Gasteiger partial charge in [-0.3, -0.25) is 15.6 Å². The Labute approximate surface area is 127 Å². The number of carbonyl (C=O) groups is 1. The van der Waals surface area contributed by atoms with Crippen molar-refractivity contribution >= 4 is 34.6 Å². The molecule has 1 aromatic rings. The van der Waals surface area contributed by atoms with E-state index in [2.05, 4.69) is 21.2 Å². The van der Waals surface area contributed by atoms with Crippen LogP contribution in [0.15, 0.2) is 5.38 Å². The molecule has 0 unspecified atom stereocenters. The van der Waals surface area contributed by atoms with Gasteiger partial charge in [0.2, 0.25) is 5.91 Å². The second-order valence-corrected chi connectivity index (χ2v) is 6.02. The summed E-state index contributed by atoms with van der Waals surface area (Å²) in [5.74, 6) is -0.170. The van der Waals surface area contributed by atoms with E-state index in [-0.39, 0.29) is 18.4 Å². The van der Waals surface area contributed by atoms with Crippen LogP contribution >= 0.6 is 23.6 Å². The lowest BCUT2D eigenvalue weighted by Gasteiger charge is -2.14. The second-order valence-electron chi connectivity index (χ2n) is 4.55. The van der Waals surface area contributed by atoms with Gasteiger partial charge in [0, 0.05) is 18.5 Å². The Morgan fingerprint density at radius 1 is 1.60 bits per heavy atom. The number of hydrazine groups is 1. The molecule has 6 nitrogen and oxygen atoms in total. The van der Waals surface area contributed by atoms with Crippen LogP contribution < -0.4 is 16.2 Å². The highest BCUT2D eigenvalue weighted by Crippen LogP contribution is 2.10. The van der Waals surface area contributed by atoms with Crippen molar-refractivity contribution in [3.05, 3.63) is 16.1 Å². The smallest absolute Gasteiger partial charge is 0.244 e. The zero-order chi connectivity index (χ0) is 14.4. The summed E-state index contributed by atoms with van der Waals surface area (Å²) in [7, 11) is 0. The van der Waals surface area contributed by atoms with E-state index in [9.17, 15) is 4.79 Å². The quantitative estimate of drug-likeness (QED) is 0.560. The molecule has 0 saturated carbocycles. The number of carbonyl (C=O) groups excluding carboxylic acids is 1. The lowest BCUT2D eigenvalue weighted by atomic mass is 10.2. The van der Waals surface area contributed by atoms with Crippen LogP contribution in [-0.4, -0.2) is 35.3 Å². The van der Waals surface area contributed by atoms with Gasteiger partial charge in [0.25, 0.3) is 0 Å². The van der Waals surface area contributed by atoms with E-state index in [0.717, 1.165) is 30.2 Å². The van der Waals surface area contributed by atoms with Gasteiger partial charge in [0.05, 0.1) is 23.2 Å². The zero-order valence-electron chi connectivity index (χ0n) is 11.3. The van der Waals surface area contributed by atoms with E-state index in [0.29, 0.717) is 11.7 Å². The molecule has 0 spiro atoms. The zero-order valence-corrected chi connectivity index (χ0v) is 12.9. The van der Waals surface area contributed by atoms with Crippen LogP contribution in [0, 0.1) is 6.92 Å². The fourth-order valence-corrected chi connectivity index (χ4v) is 2.63. The summed E-state index contributed by atoms with van der Waals surface area (Å²) in [6.45, 7) is 3.39. The summed E-state index contributed by atoms with van der Waals surface area (Å²) in [6, 6.07) is 0. The molecule has 8 heteroatoms. The average Bonchev–Trinajstić information content (AvgIpc) is 3.06. The Kier molecular flexibility index (Phi) is 5.69. The fourth-order valence-electron chi connectivity index (χ4n) is 1.88. The summed E-state index contributed by atoms with van der Waals surface area (Å²) < 4.78 is 5.47. The van der Waals surface area contributed by atoms with E-state index >= 15 is 0 Å². The third kappa shape index (κ3) is 5.03. The first-order chi connectivity index (χ1) is 9.63. The lowest BCUT2D eigenvalue weighted by molar-refractivity contribution is -0.121. The first kappa shape index (κ1) is 15.1. The topological polar surface area (TPSA) is 75.3 Å². The van der Waals surface area contributed by atoms with E-state index in [1.807, 2.05) is 12.3 Å². The summed E-state index contributed by atoms with van der Waals surface area (Å²) in [4.78, 5) is 15.9. The fraction of sp³-hybridized carbons (Fsp3) is 0.583. The Bertz CT molecular complexity index is 472. The van der Waals surface area contributed by atoms with Gasteiger partial charge in [-0.2, -0.15) is 0 Å². The highest BCUT2D eigenvalue weighted by molar-refractivity contribution is 7.80. The molecule has 1 saturated heterocycles. The Hall–Kier alpha value is -1.25. The molecule has 1 aromatic heterocycles. The lowest BCUT2D eigenvalue weighted by Crippen LogP contribution is -2.48. The predicted molar refractivity (Wildman–Crippen MR) is 81.4 cm³/mol. The number of hydrogen-bond acceptors (Lipinski definition) is 5. The molecule has 1 atom stereocenters. The van der Waals surface area contributed by atoms with Gasteiger partial charge in [-0.15, -0.1) is 11.3 Å². The van der Waals surface area contributed by atoms with Crippen molar-refractivity contribution in [3.8, 4) is 0 Å². The van der Waals surface area contributed by atoms with Crippen LogP contribution in [0.25, 0.3) is 0 Å². The van der Waals surface area contributed by atoms with Crippen molar-refractivity contribution in [1.82, 2.24) is 21.2 Å². The largest absolute Gasteiger partial charge is 0.376 e. The molecule has 0 aliphatic carbocycles. The molecule has 1 amide bonds. The third-order valence-electron chi connectivity index (χ3n) is 2.84. The normalized spacial score (nSPS) is 17.8. The minimum absolute atomic E-state index is 0.170. The third-order valence-corrected chi connectivity index (χ3v) is 3.91. The van der Waals surface area contributed by atoms with Gasteiger partial charge in [0.1, 0.15) is 0 Å².